The highest BCUT2D eigenvalue weighted by atomic mass is 32.2. The number of methoxy groups -OCH3 is 1. The minimum absolute atomic E-state index is 0.00218. The van der Waals surface area contributed by atoms with Crippen LogP contribution in [0.3, 0.4) is 0 Å². The molecule has 0 aliphatic rings. The molecule has 0 saturated heterocycles. The first-order valence-electron chi connectivity index (χ1n) is 11.0. The normalized spacial score (nSPS) is 11.9. The van der Waals surface area contributed by atoms with Crippen LogP contribution in [0.2, 0.25) is 0 Å². The summed E-state index contributed by atoms with van der Waals surface area (Å²) in [4.78, 5) is 37.9. The molecule has 0 spiro atoms. The number of hydrogen-bond donors (Lipinski definition) is 1. The summed E-state index contributed by atoms with van der Waals surface area (Å²) >= 11 is 0. The van der Waals surface area contributed by atoms with Crippen LogP contribution in [0.15, 0.2) is 42.5 Å². The van der Waals surface area contributed by atoms with Gasteiger partial charge in [-0.1, -0.05) is 19.1 Å². The zero-order valence-corrected chi connectivity index (χ0v) is 21.2. The van der Waals surface area contributed by atoms with Crippen LogP contribution in [0, 0.1) is 15.9 Å². The van der Waals surface area contributed by atoms with Gasteiger partial charge in [0.25, 0.3) is 5.69 Å². The fraction of sp³-hybridized carbons (Fsp3) is 0.391. The zero-order valence-electron chi connectivity index (χ0n) is 20.4. The fourth-order valence-electron chi connectivity index (χ4n) is 3.35. The van der Waals surface area contributed by atoms with Crippen molar-refractivity contribution < 1.29 is 32.1 Å². The highest BCUT2D eigenvalue weighted by molar-refractivity contribution is 7.92. The zero-order chi connectivity index (χ0) is 27.0. The lowest BCUT2D eigenvalue weighted by atomic mass is 10.1. The average molecular weight is 525 g/mol. The molecule has 0 aliphatic carbocycles. The number of sulfonamides is 1. The monoisotopic (exact) mass is 524 g/mol. The summed E-state index contributed by atoms with van der Waals surface area (Å²) in [5.74, 6) is -1.69. The van der Waals surface area contributed by atoms with Crippen LogP contribution in [0.5, 0.6) is 5.75 Å². The van der Waals surface area contributed by atoms with E-state index in [1.54, 1.807) is 0 Å². The van der Waals surface area contributed by atoms with Crippen molar-refractivity contribution in [2.45, 2.75) is 32.9 Å². The number of benzene rings is 2. The molecule has 0 radical (unpaired) electrons. The molecule has 0 saturated carbocycles. The Hall–Kier alpha value is -3.74. The smallest absolute Gasteiger partial charge is 0.271 e. The van der Waals surface area contributed by atoms with Gasteiger partial charge in [0, 0.05) is 25.2 Å². The number of nitrogens with one attached hydrogen (secondary N) is 1. The third-order valence-corrected chi connectivity index (χ3v) is 6.43. The number of carbonyl (C=O) groups is 2. The molecule has 2 amide bonds. The predicted octanol–water partition coefficient (Wildman–Crippen LogP) is 2.45. The molecule has 0 unspecified atom stereocenters. The minimum Gasteiger partial charge on any atom is -0.495 e. The van der Waals surface area contributed by atoms with Gasteiger partial charge in [-0.05, 0) is 37.1 Å². The predicted molar refractivity (Wildman–Crippen MR) is 132 cm³/mol. The molecule has 2 aromatic carbocycles. The number of ether oxygens (including phenoxy) is 1. The Balaban J connectivity index is 2.49. The van der Waals surface area contributed by atoms with Gasteiger partial charge in [0.15, 0.2) is 0 Å². The summed E-state index contributed by atoms with van der Waals surface area (Å²) in [6.45, 7) is 2.86. The second-order valence-electron chi connectivity index (χ2n) is 8.00. The summed E-state index contributed by atoms with van der Waals surface area (Å²) in [6.07, 6.45) is 1.51. The van der Waals surface area contributed by atoms with E-state index >= 15 is 0 Å². The second-order valence-corrected chi connectivity index (χ2v) is 9.90. The maximum atomic E-state index is 13.5. The van der Waals surface area contributed by atoms with E-state index in [1.165, 1.54) is 49.3 Å². The standard InChI is InChI=1S/C23H29FN4O7S/c1-5-12-25-23(30)16(2)26(14-17-6-8-18(24)9-7-17)22(29)15-27(36(4,33)34)20-13-19(28(31)32)10-11-21(20)35-3/h6-11,13,16H,5,12,14-15H2,1-4H3,(H,25,30)/t16-/m0/s1. The van der Waals surface area contributed by atoms with Crippen LogP contribution in [0.25, 0.3) is 0 Å². The molecule has 13 heteroatoms. The van der Waals surface area contributed by atoms with Crippen LogP contribution in [0.1, 0.15) is 25.8 Å². The Labute approximate surface area is 209 Å². The van der Waals surface area contributed by atoms with Crippen LogP contribution in [-0.2, 0) is 26.2 Å². The number of nitrogens with zero attached hydrogens (tertiary/aromatic N) is 3. The molecule has 11 nitrogen and oxygen atoms in total. The first kappa shape index (κ1) is 28.5. The van der Waals surface area contributed by atoms with E-state index < -0.39 is 50.9 Å². The first-order valence-corrected chi connectivity index (χ1v) is 12.9. The molecule has 0 aliphatic heterocycles. The van der Waals surface area contributed by atoms with Gasteiger partial charge < -0.3 is 15.0 Å². The Morgan fingerprint density at radius 3 is 2.36 bits per heavy atom. The van der Waals surface area contributed by atoms with Gasteiger partial charge in [0.1, 0.15) is 29.8 Å². The van der Waals surface area contributed by atoms with Crippen molar-refractivity contribution in [1.82, 2.24) is 10.2 Å². The van der Waals surface area contributed by atoms with Crippen molar-refractivity contribution in [3.05, 3.63) is 64.0 Å². The van der Waals surface area contributed by atoms with Crippen molar-refractivity contribution in [2.75, 3.05) is 30.8 Å². The van der Waals surface area contributed by atoms with E-state index in [2.05, 4.69) is 5.32 Å². The van der Waals surface area contributed by atoms with Gasteiger partial charge >= 0.3 is 0 Å². The molecule has 1 atom stereocenters. The molecule has 0 fully saturated rings. The van der Waals surface area contributed by atoms with Crippen molar-refractivity contribution in [3.8, 4) is 5.75 Å². The number of non-ortho nitro benzene ring substituents is 1. The first-order chi connectivity index (χ1) is 16.9. The number of amides is 2. The Morgan fingerprint density at radius 1 is 1.19 bits per heavy atom. The molecule has 2 aromatic rings. The number of nitro groups is 1. The van der Waals surface area contributed by atoms with Gasteiger partial charge in [0.2, 0.25) is 21.8 Å². The summed E-state index contributed by atoms with van der Waals surface area (Å²) in [5, 5.41) is 14.0. The highest BCUT2D eigenvalue weighted by Crippen LogP contribution is 2.33. The van der Waals surface area contributed by atoms with Crippen LogP contribution < -0.4 is 14.4 Å². The highest BCUT2D eigenvalue weighted by Gasteiger charge is 2.31. The summed E-state index contributed by atoms with van der Waals surface area (Å²) in [7, 11) is -2.87. The van der Waals surface area contributed by atoms with Crippen molar-refractivity contribution >= 4 is 33.2 Å². The van der Waals surface area contributed by atoms with E-state index in [-0.39, 0.29) is 18.0 Å². The summed E-state index contributed by atoms with van der Waals surface area (Å²) in [6, 6.07) is 7.68. The topological polar surface area (TPSA) is 139 Å². The molecule has 0 bridgehead atoms. The number of nitro benzene ring substituents is 1. The molecule has 0 heterocycles. The largest absolute Gasteiger partial charge is 0.495 e. The Kier molecular flexibility index (Phi) is 9.73. The van der Waals surface area contributed by atoms with Gasteiger partial charge in [-0.25, -0.2) is 12.8 Å². The van der Waals surface area contributed by atoms with Crippen molar-refractivity contribution in [1.29, 1.82) is 0 Å². The van der Waals surface area contributed by atoms with Crippen LogP contribution in [0.4, 0.5) is 15.8 Å². The molecule has 1 N–H and O–H groups in total. The molecule has 2 rings (SSSR count). The van der Waals surface area contributed by atoms with E-state index in [4.69, 9.17) is 4.74 Å². The van der Waals surface area contributed by atoms with Gasteiger partial charge in [-0.15, -0.1) is 0 Å². The quantitative estimate of drug-likeness (QED) is 0.332. The molecular weight excluding hydrogens is 495 g/mol. The lowest BCUT2D eigenvalue weighted by molar-refractivity contribution is -0.384. The van der Waals surface area contributed by atoms with Gasteiger partial charge in [-0.2, -0.15) is 0 Å². The average Bonchev–Trinajstić information content (AvgIpc) is 2.83. The second kappa shape index (κ2) is 12.3. The third kappa shape index (κ3) is 7.38. The molecular formula is C23H29FN4O7S. The SMILES string of the molecule is CCCNC(=O)[C@H](C)N(Cc1ccc(F)cc1)C(=O)CN(c1cc([N+](=O)[O-])ccc1OC)S(C)(=O)=O. The van der Waals surface area contributed by atoms with E-state index in [0.717, 1.165) is 18.4 Å². The number of halogens is 1. The lowest BCUT2D eigenvalue weighted by Gasteiger charge is -2.31. The number of anilines is 1. The number of carbonyl (C=O) groups excluding carboxylic acids is 2. The van der Waals surface area contributed by atoms with Gasteiger partial charge in [0.05, 0.1) is 18.3 Å². The summed E-state index contributed by atoms with van der Waals surface area (Å²) < 4.78 is 44.6. The van der Waals surface area contributed by atoms with E-state index in [0.29, 0.717) is 22.8 Å². The summed E-state index contributed by atoms with van der Waals surface area (Å²) in [5.41, 5.74) is -0.0894. The molecule has 0 aromatic heterocycles. The van der Waals surface area contributed by atoms with E-state index in [9.17, 15) is 32.5 Å². The third-order valence-electron chi connectivity index (χ3n) is 5.30. The maximum Gasteiger partial charge on any atom is 0.271 e. The molecule has 36 heavy (non-hydrogen) atoms. The number of hydrogen-bond acceptors (Lipinski definition) is 7. The minimum atomic E-state index is -4.13. The Bertz CT molecular complexity index is 1210. The molecule has 196 valence electrons. The number of rotatable bonds is 12. The lowest BCUT2D eigenvalue weighted by Crippen LogP contribution is -2.51. The van der Waals surface area contributed by atoms with Crippen molar-refractivity contribution in [3.63, 3.8) is 0 Å². The van der Waals surface area contributed by atoms with Crippen LogP contribution in [-0.4, -0.2) is 62.6 Å². The van der Waals surface area contributed by atoms with Crippen molar-refractivity contribution in [2.24, 2.45) is 0 Å². The maximum absolute atomic E-state index is 13.5. The van der Waals surface area contributed by atoms with E-state index in [1.807, 2.05) is 6.92 Å². The fourth-order valence-corrected chi connectivity index (χ4v) is 4.19. The van der Waals surface area contributed by atoms with Gasteiger partial charge in [-0.3, -0.25) is 24.0 Å². The van der Waals surface area contributed by atoms with Crippen LogP contribution >= 0.6 is 0 Å². The Morgan fingerprint density at radius 2 is 1.83 bits per heavy atom.